The third-order valence-electron chi connectivity index (χ3n) is 6.12. The van der Waals surface area contributed by atoms with Crippen LogP contribution >= 0.6 is 0 Å². The zero-order valence-electron chi connectivity index (χ0n) is 15.1. The van der Waals surface area contributed by atoms with Crippen molar-refractivity contribution >= 4 is 11.9 Å². The minimum atomic E-state index is -0.156. The van der Waals surface area contributed by atoms with Gasteiger partial charge in [-0.1, -0.05) is 13.8 Å². The molecule has 2 rings (SSSR count). The Hall–Kier alpha value is -1.06. The normalized spacial score (nSPS) is 32.2. The van der Waals surface area contributed by atoms with Crippen LogP contribution < -0.4 is 0 Å². The molecule has 4 nitrogen and oxygen atoms in total. The van der Waals surface area contributed by atoms with E-state index in [2.05, 4.69) is 13.8 Å². The number of rotatable bonds is 4. The van der Waals surface area contributed by atoms with Crippen molar-refractivity contribution in [1.82, 2.24) is 0 Å². The van der Waals surface area contributed by atoms with Crippen molar-refractivity contribution in [2.75, 3.05) is 0 Å². The summed E-state index contributed by atoms with van der Waals surface area (Å²) in [5, 5.41) is 0. The SMILES string of the molecule is CC(=O)OC1CCC(C(C)(C)C2CCC(OC(C)=O)CC2)CC1. The molecule has 0 aromatic rings. The molecule has 0 bridgehead atoms. The van der Waals surface area contributed by atoms with Crippen LogP contribution in [-0.4, -0.2) is 24.1 Å². The molecule has 4 heteroatoms. The van der Waals surface area contributed by atoms with Crippen molar-refractivity contribution in [2.45, 2.75) is 91.3 Å². The Morgan fingerprint density at radius 1 is 0.696 bits per heavy atom. The average molecular weight is 324 g/mol. The molecule has 0 saturated heterocycles. The van der Waals surface area contributed by atoms with Gasteiger partial charge in [0.1, 0.15) is 12.2 Å². The van der Waals surface area contributed by atoms with Crippen LogP contribution in [0.3, 0.4) is 0 Å². The lowest BCUT2D eigenvalue weighted by Gasteiger charge is -2.46. The van der Waals surface area contributed by atoms with Gasteiger partial charge in [0.15, 0.2) is 0 Å². The van der Waals surface area contributed by atoms with Crippen molar-refractivity contribution in [1.29, 1.82) is 0 Å². The van der Waals surface area contributed by atoms with E-state index in [0.29, 0.717) is 17.3 Å². The Labute approximate surface area is 140 Å². The van der Waals surface area contributed by atoms with Gasteiger partial charge in [-0.15, -0.1) is 0 Å². The largest absolute Gasteiger partial charge is 0.463 e. The number of carbonyl (C=O) groups excluding carboxylic acids is 2. The molecule has 0 unspecified atom stereocenters. The van der Waals surface area contributed by atoms with Crippen LogP contribution in [0, 0.1) is 17.3 Å². The molecule has 0 aliphatic heterocycles. The topological polar surface area (TPSA) is 52.6 Å². The summed E-state index contributed by atoms with van der Waals surface area (Å²) in [4.78, 5) is 22.2. The van der Waals surface area contributed by atoms with Crippen LogP contribution in [0.1, 0.15) is 79.1 Å². The van der Waals surface area contributed by atoms with Gasteiger partial charge in [-0.25, -0.2) is 0 Å². The third-order valence-corrected chi connectivity index (χ3v) is 6.12. The quantitative estimate of drug-likeness (QED) is 0.725. The van der Waals surface area contributed by atoms with Crippen LogP contribution in [0.2, 0.25) is 0 Å². The van der Waals surface area contributed by atoms with Gasteiger partial charge in [0.2, 0.25) is 0 Å². The lowest BCUT2D eigenvalue weighted by molar-refractivity contribution is -0.149. The molecule has 132 valence electrons. The summed E-state index contributed by atoms with van der Waals surface area (Å²) >= 11 is 0. The number of carbonyl (C=O) groups is 2. The smallest absolute Gasteiger partial charge is 0.302 e. The summed E-state index contributed by atoms with van der Waals surface area (Å²) in [6.07, 6.45) is 8.83. The molecule has 0 spiro atoms. The molecule has 0 amide bonds. The van der Waals surface area contributed by atoms with E-state index in [4.69, 9.17) is 9.47 Å². The predicted octanol–water partition coefficient (Wildman–Crippen LogP) is 4.26. The van der Waals surface area contributed by atoms with Gasteiger partial charge < -0.3 is 9.47 Å². The van der Waals surface area contributed by atoms with Crippen molar-refractivity contribution < 1.29 is 19.1 Å². The Morgan fingerprint density at radius 3 is 1.26 bits per heavy atom. The molecule has 0 aromatic heterocycles. The Kier molecular flexibility index (Phi) is 6.10. The molecule has 0 radical (unpaired) electrons. The first-order chi connectivity index (χ1) is 10.8. The van der Waals surface area contributed by atoms with Gasteiger partial charge in [0.05, 0.1) is 0 Å². The maximum absolute atomic E-state index is 11.1. The highest BCUT2D eigenvalue weighted by atomic mass is 16.5. The molecule has 0 atom stereocenters. The van der Waals surface area contributed by atoms with E-state index in [0.717, 1.165) is 51.4 Å². The molecule has 2 aliphatic rings. The van der Waals surface area contributed by atoms with Gasteiger partial charge in [0, 0.05) is 13.8 Å². The second-order valence-corrected chi connectivity index (χ2v) is 7.99. The van der Waals surface area contributed by atoms with Gasteiger partial charge in [-0.2, -0.15) is 0 Å². The summed E-state index contributed by atoms with van der Waals surface area (Å²) in [6.45, 7) is 7.80. The predicted molar refractivity (Wildman–Crippen MR) is 88.8 cm³/mol. The maximum atomic E-state index is 11.1. The second-order valence-electron chi connectivity index (χ2n) is 7.99. The standard InChI is InChI=1S/C19H32O4/c1-13(20)22-17-9-5-15(6-10-17)19(3,4)16-7-11-18(12-8-16)23-14(2)21/h15-18H,5-12H2,1-4H3. The summed E-state index contributed by atoms with van der Waals surface area (Å²) in [5.74, 6) is 1.09. The minimum Gasteiger partial charge on any atom is -0.463 e. The molecular formula is C19H32O4. The highest BCUT2D eigenvalue weighted by Gasteiger charge is 2.41. The fourth-order valence-electron chi connectivity index (χ4n) is 4.65. The van der Waals surface area contributed by atoms with Crippen LogP contribution in [0.4, 0.5) is 0 Å². The van der Waals surface area contributed by atoms with E-state index in [1.54, 1.807) is 0 Å². The minimum absolute atomic E-state index is 0.124. The van der Waals surface area contributed by atoms with E-state index >= 15 is 0 Å². The first kappa shape index (κ1) is 18.3. The monoisotopic (exact) mass is 324 g/mol. The third kappa shape index (κ3) is 4.95. The van der Waals surface area contributed by atoms with Crippen LogP contribution in [0.5, 0.6) is 0 Å². The van der Waals surface area contributed by atoms with Crippen molar-refractivity contribution in [3.63, 3.8) is 0 Å². The first-order valence-electron chi connectivity index (χ1n) is 9.13. The highest BCUT2D eigenvalue weighted by molar-refractivity contribution is 5.66. The van der Waals surface area contributed by atoms with E-state index in [1.165, 1.54) is 13.8 Å². The lowest BCUT2D eigenvalue weighted by Crippen LogP contribution is -2.39. The second kappa shape index (κ2) is 7.67. The Balaban J connectivity index is 1.83. The molecule has 0 N–H and O–H groups in total. The highest BCUT2D eigenvalue weighted by Crippen LogP contribution is 2.48. The van der Waals surface area contributed by atoms with E-state index in [1.807, 2.05) is 0 Å². The van der Waals surface area contributed by atoms with Gasteiger partial charge >= 0.3 is 11.9 Å². The Morgan fingerprint density at radius 2 is 1.00 bits per heavy atom. The summed E-state index contributed by atoms with van der Waals surface area (Å²) < 4.78 is 10.7. The Bertz CT molecular complexity index is 375. The van der Waals surface area contributed by atoms with E-state index < -0.39 is 0 Å². The number of hydrogen-bond acceptors (Lipinski definition) is 4. The molecule has 0 heterocycles. The van der Waals surface area contributed by atoms with Crippen LogP contribution in [0.15, 0.2) is 0 Å². The number of ether oxygens (including phenoxy) is 2. The molecule has 2 saturated carbocycles. The zero-order valence-corrected chi connectivity index (χ0v) is 15.1. The van der Waals surface area contributed by atoms with Crippen LogP contribution in [-0.2, 0) is 19.1 Å². The number of esters is 2. The molecule has 23 heavy (non-hydrogen) atoms. The molecular weight excluding hydrogens is 292 g/mol. The molecule has 0 aromatic carbocycles. The van der Waals surface area contributed by atoms with E-state index in [-0.39, 0.29) is 24.1 Å². The maximum Gasteiger partial charge on any atom is 0.302 e. The van der Waals surface area contributed by atoms with Gasteiger partial charge in [0.25, 0.3) is 0 Å². The zero-order chi connectivity index (χ0) is 17.0. The van der Waals surface area contributed by atoms with E-state index in [9.17, 15) is 9.59 Å². The summed E-state index contributed by atoms with van der Waals surface area (Å²) in [7, 11) is 0. The van der Waals surface area contributed by atoms with Crippen LogP contribution in [0.25, 0.3) is 0 Å². The van der Waals surface area contributed by atoms with Gasteiger partial charge in [-0.05, 0) is 68.6 Å². The summed E-state index contributed by atoms with van der Waals surface area (Å²) in [5.41, 5.74) is 0.308. The number of hydrogen-bond donors (Lipinski definition) is 0. The van der Waals surface area contributed by atoms with Crippen molar-refractivity contribution in [3.8, 4) is 0 Å². The first-order valence-corrected chi connectivity index (χ1v) is 9.13. The molecule has 2 fully saturated rings. The average Bonchev–Trinajstić information content (AvgIpc) is 2.47. The molecule has 2 aliphatic carbocycles. The fraction of sp³-hybridized carbons (Fsp3) is 0.895. The lowest BCUT2D eigenvalue weighted by atomic mass is 9.60. The van der Waals surface area contributed by atoms with Crippen molar-refractivity contribution in [3.05, 3.63) is 0 Å². The van der Waals surface area contributed by atoms with Crippen molar-refractivity contribution in [2.24, 2.45) is 17.3 Å². The summed E-state index contributed by atoms with van der Waals surface area (Å²) in [6, 6.07) is 0. The van der Waals surface area contributed by atoms with Gasteiger partial charge in [-0.3, -0.25) is 9.59 Å². The fourth-order valence-corrected chi connectivity index (χ4v) is 4.65.